The highest BCUT2D eigenvalue weighted by atomic mass is 19.1. The number of hydrogen-bond donors (Lipinski definition) is 1. The van der Waals surface area contributed by atoms with Crippen molar-refractivity contribution in [1.82, 2.24) is 24.4 Å². The molecule has 2 atom stereocenters. The number of carbonyl (C=O) groups excluding carboxylic acids is 2. The van der Waals surface area contributed by atoms with E-state index in [-0.39, 0.29) is 12.5 Å². The molecule has 0 spiro atoms. The molecule has 1 aromatic carbocycles. The fraction of sp³-hybridized carbons (Fsp3) is 0.364. The molecular weight excluding hydrogens is 399 g/mol. The molecule has 2 amide bonds. The van der Waals surface area contributed by atoms with Crippen molar-refractivity contribution in [1.29, 1.82) is 0 Å². The number of rotatable bonds is 5. The number of carbonyl (C=O) groups is 2. The monoisotopic (exact) mass is 426 g/mol. The molecule has 31 heavy (non-hydrogen) atoms. The molecule has 1 fully saturated rings. The summed E-state index contributed by atoms with van der Waals surface area (Å²) in [7, 11) is 3.38. The SMILES string of the molecule is CN(C)C=O.N[C@@H](Cc1ccc(-c2ccn3nccc3n2)cc1)C(=O)N1CC[C@@H](F)C1. The predicted octanol–water partition coefficient (Wildman–Crippen LogP) is 1.54. The van der Waals surface area contributed by atoms with E-state index in [4.69, 9.17) is 5.73 Å². The Balaban J connectivity index is 0.000000491. The molecule has 2 N–H and O–H groups in total. The Bertz CT molecular complexity index is 1020. The highest BCUT2D eigenvalue weighted by molar-refractivity contribution is 5.82. The minimum Gasteiger partial charge on any atom is -0.351 e. The quantitative estimate of drug-likeness (QED) is 0.625. The second kappa shape index (κ2) is 10.1. The van der Waals surface area contributed by atoms with Crippen LogP contribution in [0.5, 0.6) is 0 Å². The van der Waals surface area contributed by atoms with E-state index in [2.05, 4.69) is 10.1 Å². The summed E-state index contributed by atoms with van der Waals surface area (Å²) in [4.78, 5) is 29.3. The maximum absolute atomic E-state index is 13.3. The van der Waals surface area contributed by atoms with Gasteiger partial charge in [-0.2, -0.15) is 5.10 Å². The molecule has 2 aromatic heterocycles. The lowest BCUT2D eigenvalue weighted by atomic mass is 10.0. The number of nitrogens with two attached hydrogens (primary N) is 1. The molecule has 0 radical (unpaired) electrons. The highest BCUT2D eigenvalue weighted by Gasteiger charge is 2.29. The van der Waals surface area contributed by atoms with E-state index < -0.39 is 12.2 Å². The molecule has 0 bridgehead atoms. The van der Waals surface area contributed by atoms with Gasteiger partial charge in [-0.3, -0.25) is 9.59 Å². The first-order valence-corrected chi connectivity index (χ1v) is 10.1. The Hall–Kier alpha value is -3.33. The third-order valence-corrected chi connectivity index (χ3v) is 4.93. The minimum absolute atomic E-state index is 0.161. The molecule has 3 heterocycles. The van der Waals surface area contributed by atoms with Crippen LogP contribution in [0, 0.1) is 0 Å². The molecular formula is C22H27FN6O2. The lowest BCUT2D eigenvalue weighted by molar-refractivity contribution is -0.131. The van der Waals surface area contributed by atoms with Gasteiger partial charge in [-0.05, 0) is 24.5 Å². The minimum atomic E-state index is -0.925. The summed E-state index contributed by atoms with van der Waals surface area (Å²) in [6.07, 6.45) is 4.24. The van der Waals surface area contributed by atoms with Gasteiger partial charge in [0.15, 0.2) is 5.65 Å². The van der Waals surface area contributed by atoms with Crippen LogP contribution in [0.4, 0.5) is 4.39 Å². The molecule has 1 aliphatic heterocycles. The van der Waals surface area contributed by atoms with E-state index in [0.29, 0.717) is 19.4 Å². The molecule has 3 aromatic rings. The van der Waals surface area contributed by atoms with Crippen LogP contribution < -0.4 is 5.73 Å². The lowest BCUT2D eigenvalue weighted by Gasteiger charge is -2.20. The zero-order chi connectivity index (χ0) is 22.4. The summed E-state index contributed by atoms with van der Waals surface area (Å²) in [5.41, 5.74) is 9.64. The zero-order valence-corrected chi connectivity index (χ0v) is 17.7. The fourth-order valence-corrected chi connectivity index (χ4v) is 3.28. The topological polar surface area (TPSA) is 96.8 Å². The molecule has 1 saturated heterocycles. The lowest BCUT2D eigenvalue weighted by Crippen LogP contribution is -2.44. The molecule has 4 rings (SSSR count). The van der Waals surface area contributed by atoms with Crippen LogP contribution >= 0.6 is 0 Å². The van der Waals surface area contributed by atoms with E-state index in [0.717, 1.165) is 28.9 Å². The molecule has 0 saturated carbocycles. The van der Waals surface area contributed by atoms with Crippen molar-refractivity contribution < 1.29 is 14.0 Å². The average Bonchev–Trinajstić information content (AvgIpc) is 3.42. The van der Waals surface area contributed by atoms with Crippen molar-refractivity contribution in [3.05, 3.63) is 54.4 Å². The van der Waals surface area contributed by atoms with E-state index >= 15 is 0 Å². The Labute approximate surface area is 180 Å². The number of fused-ring (bicyclic) bond motifs is 1. The largest absolute Gasteiger partial charge is 0.351 e. The standard InChI is InChI=1S/C19H20FN5O.C3H7NO/c20-15-6-9-24(12-15)19(26)16(21)11-13-1-3-14(4-2-13)17-7-10-25-18(23-17)5-8-22-25;1-4(2)3-5/h1-5,7-8,10,15-16H,6,9,11-12,21H2;3H,1-2H3/t15-,16+;/m1./s1. The van der Waals surface area contributed by atoms with Crippen molar-refractivity contribution in [3.63, 3.8) is 0 Å². The van der Waals surface area contributed by atoms with Crippen molar-refractivity contribution in [2.45, 2.75) is 25.1 Å². The first-order valence-electron chi connectivity index (χ1n) is 10.1. The van der Waals surface area contributed by atoms with Crippen molar-refractivity contribution in [2.75, 3.05) is 27.2 Å². The number of benzene rings is 1. The van der Waals surface area contributed by atoms with Crippen LogP contribution in [0.3, 0.4) is 0 Å². The molecule has 0 unspecified atom stereocenters. The molecule has 9 heteroatoms. The third kappa shape index (κ3) is 5.85. The number of alkyl halides is 1. The first kappa shape index (κ1) is 22.4. The van der Waals surface area contributed by atoms with Gasteiger partial charge in [0.05, 0.1) is 24.5 Å². The van der Waals surface area contributed by atoms with Gasteiger partial charge in [-0.1, -0.05) is 24.3 Å². The summed E-state index contributed by atoms with van der Waals surface area (Å²) in [5.74, 6) is -0.179. The maximum atomic E-state index is 13.3. The van der Waals surface area contributed by atoms with Gasteiger partial charge in [0, 0.05) is 38.5 Å². The number of nitrogens with zero attached hydrogens (tertiary/aromatic N) is 5. The van der Waals surface area contributed by atoms with Gasteiger partial charge in [-0.25, -0.2) is 13.9 Å². The summed E-state index contributed by atoms with van der Waals surface area (Å²) < 4.78 is 15.0. The van der Waals surface area contributed by atoms with Gasteiger partial charge < -0.3 is 15.5 Å². The second-order valence-electron chi connectivity index (χ2n) is 7.69. The maximum Gasteiger partial charge on any atom is 0.239 e. The Morgan fingerprint density at radius 1 is 1.29 bits per heavy atom. The van der Waals surface area contributed by atoms with E-state index in [1.165, 1.54) is 9.80 Å². The predicted molar refractivity (Wildman–Crippen MR) is 116 cm³/mol. The summed E-state index contributed by atoms with van der Waals surface area (Å²) in [6, 6.07) is 10.9. The normalized spacial score (nSPS) is 16.5. The van der Waals surface area contributed by atoms with Crippen molar-refractivity contribution in [3.8, 4) is 11.3 Å². The van der Waals surface area contributed by atoms with Gasteiger partial charge in [0.1, 0.15) is 6.17 Å². The Kier molecular flexibility index (Phi) is 7.30. The number of amides is 2. The third-order valence-electron chi connectivity index (χ3n) is 4.93. The summed E-state index contributed by atoms with van der Waals surface area (Å²) >= 11 is 0. The summed E-state index contributed by atoms with van der Waals surface area (Å²) in [6.45, 7) is 0.615. The van der Waals surface area contributed by atoms with Crippen LogP contribution in [0.1, 0.15) is 12.0 Å². The number of halogens is 1. The Morgan fingerprint density at radius 2 is 2.00 bits per heavy atom. The van der Waals surface area contributed by atoms with Gasteiger partial charge in [0.2, 0.25) is 12.3 Å². The van der Waals surface area contributed by atoms with Crippen LogP contribution in [-0.4, -0.2) is 76.1 Å². The molecule has 1 aliphatic rings. The molecule has 8 nitrogen and oxygen atoms in total. The van der Waals surface area contributed by atoms with E-state index in [1.54, 1.807) is 24.8 Å². The molecule has 164 valence electrons. The van der Waals surface area contributed by atoms with Crippen LogP contribution in [-0.2, 0) is 16.0 Å². The number of likely N-dealkylation sites (tertiary alicyclic amines) is 1. The number of hydrogen-bond acceptors (Lipinski definition) is 5. The zero-order valence-electron chi connectivity index (χ0n) is 17.7. The van der Waals surface area contributed by atoms with Gasteiger partial charge >= 0.3 is 0 Å². The first-order chi connectivity index (χ1) is 14.9. The van der Waals surface area contributed by atoms with Gasteiger partial charge in [0.25, 0.3) is 0 Å². The van der Waals surface area contributed by atoms with Gasteiger partial charge in [-0.15, -0.1) is 0 Å². The Morgan fingerprint density at radius 3 is 2.61 bits per heavy atom. The fourth-order valence-electron chi connectivity index (χ4n) is 3.28. The van der Waals surface area contributed by atoms with E-state index in [9.17, 15) is 14.0 Å². The highest BCUT2D eigenvalue weighted by Crippen LogP contribution is 2.19. The van der Waals surface area contributed by atoms with E-state index in [1.807, 2.05) is 42.6 Å². The molecule has 0 aliphatic carbocycles. The second-order valence-corrected chi connectivity index (χ2v) is 7.69. The van der Waals surface area contributed by atoms with Crippen molar-refractivity contribution in [2.24, 2.45) is 5.73 Å². The van der Waals surface area contributed by atoms with Crippen LogP contribution in [0.15, 0.2) is 48.8 Å². The smallest absolute Gasteiger partial charge is 0.239 e. The van der Waals surface area contributed by atoms with Crippen LogP contribution in [0.2, 0.25) is 0 Å². The average molecular weight is 426 g/mol. The van der Waals surface area contributed by atoms with Crippen LogP contribution in [0.25, 0.3) is 16.9 Å². The van der Waals surface area contributed by atoms with Crippen molar-refractivity contribution >= 4 is 18.0 Å². The summed E-state index contributed by atoms with van der Waals surface area (Å²) in [5, 5.41) is 4.13. The number of aromatic nitrogens is 3.